The van der Waals surface area contributed by atoms with Gasteiger partial charge in [-0.15, -0.1) is 0 Å². The summed E-state index contributed by atoms with van der Waals surface area (Å²) < 4.78 is 5.51. The molecule has 1 unspecified atom stereocenters. The van der Waals surface area contributed by atoms with E-state index >= 15 is 0 Å². The Morgan fingerprint density at radius 2 is 2.21 bits per heavy atom. The molecule has 0 aliphatic carbocycles. The molecular weight excluding hydrogens is 242 g/mol. The lowest BCUT2D eigenvalue weighted by Crippen LogP contribution is -2.33. The number of benzene rings is 1. The lowest BCUT2D eigenvalue weighted by Gasteiger charge is -2.20. The first-order valence-corrected chi connectivity index (χ1v) is 6.63. The third-order valence-electron chi connectivity index (χ3n) is 2.81. The van der Waals surface area contributed by atoms with Crippen molar-refractivity contribution in [1.82, 2.24) is 4.90 Å². The smallest absolute Gasteiger partial charge is 0.159 e. The fraction of sp³-hybridized carbons (Fsp3) is 0.533. The van der Waals surface area contributed by atoms with Crippen LogP contribution < -0.4 is 4.74 Å². The number of hydrogen-bond donors (Lipinski definition) is 1. The highest BCUT2D eigenvalue weighted by atomic mass is 16.5. The van der Waals surface area contributed by atoms with E-state index in [2.05, 4.69) is 11.8 Å². The van der Waals surface area contributed by atoms with Gasteiger partial charge in [0.15, 0.2) is 5.78 Å². The van der Waals surface area contributed by atoms with Crippen molar-refractivity contribution in [2.75, 3.05) is 26.7 Å². The summed E-state index contributed by atoms with van der Waals surface area (Å²) in [5, 5.41) is 9.85. The molecule has 1 N–H and O–H groups in total. The largest absolute Gasteiger partial charge is 0.491 e. The second kappa shape index (κ2) is 7.92. The highest BCUT2D eigenvalue weighted by Crippen LogP contribution is 2.14. The molecular formula is C15H23NO3. The van der Waals surface area contributed by atoms with Crippen molar-refractivity contribution in [2.24, 2.45) is 0 Å². The van der Waals surface area contributed by atoms with Crippen LogP contribution in [0.15, 0.2) is 24.3 Å². The lowest BCUT2D eigenvalue weighted by atomic mass is 10.1. The Kier molecular flexibility index (Phi) is 6.53. The molecule has 0 radical (unpaired) electrons. The number of carbonyl (C=O) groups is 1. The molecule has 0 heterocycles. The van der Waals surface area contributed by atoms with Crippen molar-refractivity contribution in [2.45, 2.75) is 26.4 Å². The number of rotatable bonds is 8. The molecule has 0 bridgehead atoms. The van der Waals surface area contributed by atoms with E-state index < -0.39 is 6.10 Å². The SMILES string of the molecule is CCCN(C)CC(O)COc1cccc(C(C)=O)c1. The first-order valence-electron chi connectivity index (χ1n) is 6.63. The van der Waals surface area contributed by atoms with E-state index in [0.717, 1.165) is 13.0 Å². The molecule has 4 heteroatoms. The number of hydrogen-bond acceptors (Lipinski definition) is 4. The third-order valence-corrected chi connectivity index (χ3v) is 2.81. The summed E-state index contributed by atoms with van der Waals surface area (Å²) in [4.78, 5) is 13.3. The van der Waals surface area contributed by atoms with Gasteiger partial charge in [-0.25, -0.2) is 0 Å². The maximum atomic E-state index is 11.2. The molecule has 1 atom stereocenters. The Bertz CT molecular complexity index is 406. The van der Waals surface area contributed by atoms with Crippen molar-refractivity contribution < 1.29 is 14.6 Å². The number of likely N-dealkylation sites (N-methyl/N-ethyl adjacent to an activating group) is 1. The number of carbonyl (C=O) groups excluding carboxylic acids is 1. The molecule has 1 aromatic carbocycles. The second-order valence-corrected chi connectivity index (χ2v) is 4.81. The molecule has 19 heavy (non-hydrogen) atoms. The van der Waals surface area contributed by atoms with Gasteiger partial charge in [0.05, 0.1) is 0 Å². The van der Waals surface area contributed by atoms with E-state index in [4.69, 9.17) is 4.74 Å². The van der Waals surface area contributed by atoms with Gasteiger partial charge in [0.2, 0.25) is 0 Å². The van der Waals surface area contributed by atoms with Crippen LogP contribution in [0, 0.1) is 0 Å². The minimum atomic E-state index is -0.530. The summed E-state index contributed by atoms with van der Waals surface area (Å²) in [5.41, 5.74) is 0.620. The van der Waals surface area contributed by atoms with Crippen LogP contribution in [0.4, 0.5) is 0 Å². The molecule has 1 rings (SSSR count). The van der Waals surface area contributed by atoms with Crippen LogP contribution in [0.1, 0.15) is 30.6 Å². The maximum Gasteiger partial charge on any atom is 0.159 e. The van der Waals surface area contributed by atoms with Crippen molar-refractivity contribution in [1.29, 1.82) is 0 Å². The Morgan fingerprint density at radius 1 is 1.47 bits per heavy atom. The molecule has 0 saturated heterocycles. The van der Waals surface area contributed by atoms with Gasteiger partial charge in [-0.3, -0.25) is 4.79 Å². The standard InChI is InChI=1S/C15H23NO3/c1-4-8-16(3)10-14(18)11-19-15-7-5-6-13(9-15)12(2)17/h5-7,9,14,18H,4,8,10-11H2,1-3H3. The Hall–Kier alpha value is -1.39. The molecule has 1 aromatic rings. The molecule has 0 aliphatic rings. The predicted molar refractivity (Wildman–Crippen MR) is 75.7 cm³/mol. The number of ketones is 1. The number of ether oxygens (including phenoxy) is 1. The highest BCUT2D eigenvalue weighted by molar-refractivity contribution is 5.94. The molecule has 0 aromatic heterocycles. The van der Waals surface area contributed by atoms with Gasteiger partial charge in [-0.05, 0) is 39.1 Å². The number of aliphatic hydroxyl groups is 1. The summed E-state index contributed by atoms with van der Waals surface area (Å²) in [5.74, 6) is 0.624. The van der Waals surface area contributed by atoms with Crippen LogP contribution in [0.3, 0.4) is 0 Å². The fourth-order valence-electron chi connectivity index (χ4n) is 1.88. The van der Waals surface area contributed by atoms with Crippen LogP contribution in [0.2, 0.25) is 0 Å². The third kappa shape index (κ3) is 5.85. The monoisotopic (exact) mass is 265 g/mol. The van der Waals surface area contributed by atoms with Gasteiger partial charge in [-0.2, -0.15) is 0 Å². The van der Waals surface area contributed by atoms with Crippen LogP contribution in [0.5, 0.6) is 5.75 Å². The maximum absolute atomic E-state index is 11.2. The van der Waals surface area contributed by atoms with Gasteiger partial charge in [0.25, 0.3) is 0 Å². The highest BCUT2D eigenvalue weighted by Gasteiger charge is 2.09. The van der Waals surface area contributed by atoms with E-state index in [1.165, 1.54) is 6.92 Å². The minimum absolute atomic E-state index is 0.00803. The number of nitrogens with zero attached hydrogens (tertiary/aromatic N) is 1. The molecule has 4 nitrogen and oxygen atoms in total. The molecule has 106 valence electrons. The van der Waals surface area contributed by atoms with Crippen molar-refractivity contribution in [3.63, 3.8) is 0 Å². The molecule has 0 fully saturated rings. The summed E-state index contributed by atoms with van der Waals surface area (Å²) in [6.45, 7) is 5.40. The second-order valence-electron chi connectivity index (χ2n) is 4.81. The summed E-state index contributed by atoms with van der Waals surface area (Å²) in [6.07, 6.45) is 0.530. The zero-order valence-electron chi connectivity index (χ0n) is 11.9. The van der Waals surface area contributed by atoms with Gasteiger partial charge in [0, 0.05) is 12.1 Å². The van der Waals surface area contributed by atoms with Crippen molar-refractivity contribution in [3.8, 4) is 5.75 Å². The average Bonchev–Trinajstić information content (AvgIpc) is 2.37. The van der Waals surface area contributed by atoms with Crippen LogP contribution in [0.25, 0.3) is 0 Å². The average molecular weight is 265 g/mol. The van der Waals surface area contributed by atoms with Crippen LogP contribution >= 0.6 is 0 Å². The first kappa shape index (κ1) is 15.7. The van der Waals surface area contributed by atoms with E-state index in [1.807, 2.05) is 7.05 Å². The molecule has 0 aliphatic heterocycles. The molecule has 0 spiro atoms. The zero-order chi connectivity index (χ0) is 14.3. The van der Waals surface area contributed by atoms with Gasteiger partial charge < -0.3 is 14.7 Å². The van der Waals surface area contributed by atoms with E-state index in [-0.39, 0.29) is 12.4 Å². The normalized spacial score (nSPS) is 12.5. The Morgan fingerprint density at radius 3 is 2.84 bits per heavy atom. The summed E-state index contributed by atoms with van der Waals surface area (Å²) >= 11 is 0. The van der Waals surface area contributed by atoms with Crippen molar-refractivity contribution >= 4 is 5.78 Å². The van der Waals surface area contributed by atoms with Gasteiger partial charge >= 0.3 is 0 Å². The van der Waals surface area contributed by atoms with Gasteiger partial charge in [-0.1, -0.05) is 19.1 Å². The zero-order valence-corrected chi connectivity index (χ0v) is 11.9. The minimum Gasteiger partial charge on any atom is -0.491 e. The van der Waals surface area contributed by atoms with Crippen LogP contribution in [-0.4, -0.2) is 48.6 Å². The van der Waals surface area contributed by atoms with E-state index in [9.17, 15) is 9.90 Å². The lowest BCUT2D eigenvalue weighted by molar-refractivity contribution is 0.0764. The summed E-state index contributed by atoms with van der Waals surface area (Å²) in [6, 6.07) is 7.02. The van der Waals surface area contributed by atoms with Crippen LogP contribution in [-0.2, 0) is 0 Å². The first-order chi connectivity index (χ1) is 9.02. The Balaban J connectivity index is 2.43. The Labute approximate surface area is 115 Å². The number of aliphatic hydroxyl groups excluding tert-OH is 1. The van der Waals surface area contributed by atoms with E-state index in [1.54, 1.807) is 24.3 Å². The molecule has 0 saturated carbocycles. The predicted octanol–water partition coefficient (Wildman–Crippen LogP) is 1.97. The quantitative estimate of drug-likeness (QED) is 0.730. The fourth-order valence-corrected chi connectivity index (χ4v) is 1.88. The van der Waals surface area contributed by atoms with Gasteiger partial charge in [0.1, 0.15) is 18.5 Å². The topological polar surface area (TPSA) is 49.8 Å². The summed E-state index contributed by atoms with van der Waals surface area (Å²) in [7, 11) is 1.98. The van der Waals surface area contributed by atoms with E-state index in [0.29, 0.717) is 17.9 Å². The number of Topliss-reactive ketones (excluding diaryl/α,β-unsaturated/α-hetero) is 1. The van der Waals surface area contributed by atoms with Crippen molar-refractivity contribution in [3.05, 3.63) is 29.8 Å². The molecule has 0 amide bonds.